The number of aromatic nitrogens is 3. The largest absolute Gasteiger partial charge is 0.378 e. The first-order valence-corrected chi connectivity index (χ1v) is 12.0. The van der Waals surface area contributed by atoms with Crippen molar-refractivity contribution in [2.75, 3.05) is 41.6 Å². The van der Waals surface area contributed by atoms with Gasteiger partial charge in [-0.05, 0) is 48.0 Å². The zero-order valence-electron chi connectivity index (χ0n) is 18.5. The molecule has 178 valence electrons. The van der Waals surface area contributed by atoms with Crippen LogP contribution in [0.1, 0.15) is 0 Å². The Bertz CT molecular complexity index is 1310. The standard InChI is InChI=1S/C24H21ClN6O3S/c25-17-4-6-18(7-5-17)28-23(32)31(33)19-3-1-2-16(14-19)22-21(20-8-9-26-15-27-20)29-24(35-22)30-10-12-34-13-11-30/h1-9,14-15,33H,10-13H2,(H,28,32). The maximum Gasteiger partial charge on any atom is 0.350 e. The van der Waals surface area contributed by atoms with E-state index in [2.05, 4.69) is 20.2 Å². The molecule has 0 bridgehead atoms. The van der Waals surface area contributed by atoms with Crippen molar-refractivity contribution < 1.29 is 14.7 Å². The Morgan fingerprint density at radius 1 is 1.14 bits per heavy atom. The minimum atomic E-state index is -0.696. The number of benzene rings is 2. The monoisotopic (exact) mass is 508 g/mol. The highest BCUT2D eigenvalue weighted by Crippen LogP contribution is 2.40. The molecule has 4 aromatic rings. The average molecular weight is 509 g/mol. The lowest BCUT2D eigenvalue weighted by Crippen LogP contribution is -2.36. The lowest BCUT2D eigenvalue weighted by molar-refractivity contribution is 0.122. The molecule has 1 aliphatic rings. The highest BCUT2D eigenvalue weighted by molar-refractivity contribution is 7.19. The van der Waals surface area contributed by atoms with Crippen LogP contribution in [0, 0.1) is 0 Å². The highest BCUT2D eigenvalue weighted by atomic mass is 35.5. The second kappa shape index (κ2) is 10.4. The maximum absolute atomic E-state index is 12.6. The molecule has 35 heavy (non-hydrogen) atoms. The number of halogens is 1. The molecule has 11 heteroatoms. The third-order valence-corrected chi connectivity index (χ3v) is 6.78. The van der Waals surface area contributed by atoms with Gasteiger partial charge in [0.2, 0.25) is 0 Å². The van der Waals surface area contributed by atoms with Crippen molar-refractivity contribution >= 4 is 45.5 Å². The van der Waals surface area contributed by atoms with Crippen LogP contribution < -0.4 is 15.3 Å². The number of morpholine rings is 1. The molecule has 0 saturated carbocycles. The zero-order valence-corrected chi connectivity index (χ0v) is 20.0. The van der Waals surface area contributed by atoms with Crippen molar-refractivity contribution in [3.8, 4) is 21.8 Å². The normalized spacial score (nSPS) is 13.5. The predicted octanol–water partition coefficient (Wildman–Crippen LogP) is 5.18. The lowest BCUT2D eigenvalue weighted by Gasteiger charge is -2.26. The second-order valence-corrected chi connectivity index (χ2v) is 9.08. The van der Waals surface area contributed by atoms with Crippen molar-refractivity contribution in [1.82, 2.24) is 15.0 Å². The summed E-state index contributed by atoms with van der Waals surface area (Å²) in [5, 5.41) is 15.2. The van der Waals surface area contributed by atoms with E-state index in [0.29, 0.717) is 46.1 Å². The fourth-order valence-electron chi connectivity index (χ4n) is 3.60. The van der Waals surface area contributed by atoms with Crippen molar-refractivity contribution in [2.45, 2.75) is 0 Å². The number of carbonyl (C=O) groups excluding carboxylic acids is 1. The summed E-state index contributed by atoms with van der Waals surface area (Å²) in [6.45, 7) is 2.81. The van der Waals surface area contributed by atoms with Crippen molar-refractivity contribution in [3.63, 3.8) is 0 Å². The number of anilines is 3. The zero-order chi connectivity index (χ0) is 24.2. The molecule has 9 nitrogen and oxygen atoms in total. The van der Waals surface area contributed by atoms with Crippen LogP contribution in [0.3, 0.4) is 0 Å². The molecule has 0 aliphatic carbocycles. The van der Waals surface area contributed by atoms with E-state index in [-0.39, 0.29) is 0 Å². The summed E-state index contributed by atoms with van der Waals surface area (Å²) in [5.41, 5.74) is 3.03. The number of nitrogens with zero attached hydrogens (tertiary/aromatic N) is 5. The van der Waals surface area contributed by atoms with E-state index in [1.807, 2.05) is 12.1 Å². The van der Waals surface area contributed by atoms with Crippen LogP contribution in [0.4, 0.5) is 21.3 Å². The number of hydrogen-bond donors (Lipinski definition) is 2. The van der Waals surface area contributed by atoms with E-state index >= 15 is 0 Å². The number of hydroxylamine groups is 1. The number of ether oxygens (including phenoxy) is 1. The van der Waals surface area contributed by atoms with Gasteiger partial charge >= 0.3 is 6.03 Å². The number of rotatable bonds is 5. The molecule has 2 aromatic carbocycles. The van der Waals surface area contributed by atoms with E-state index in [0.717, 1.165) is 28.7 Å². The fourth-order valence-corrected chi connectivity index (χ4v) is 4.85. The van der Waals surface area contributed by atoms with Gasteiger partial charge in [-0.2, -0.15) is 5.06 Å². The van der Waals surface area contributed by atoms with Gasteiger partial charge in [-0.25, -0.2) is 19.7 Å². The third kappa shape index (κ3) is 5.25. The Morgan fingerprint density at radius 2 is 1.94 bits per heavy atom. The van der Waals surface area contributed by atoms with E-state index in [1.54, 1.807) is 48.7 Å². The van der Waals surface area contributed by atoms with Gasteiger partial charge in [0.25, 0.3) is 0 Å². The van der Waals surface area contributed by atoms with Gasteiger partial charge in [0.15, 0.2) is 5.13 Å². The molecule has 2 aromatic heterocycles. The Hall–Kier alpha value is -3.57. The van der Waals surface area contributed by atoms with Gasteiger partial charge in [0.05, 0.1) is 29.5 Å². The van der Waals surface area contributed by atoms with Crippen molar-refractivity contribution in [3.05, 3.63) is 72.1 Å². The maximum atomic E-state index is 12.6. The number of amides is 2. The first-order valence-electron chi connectivity index (χ1n) is 10.8. The van der Waals surface area contributed by atoms with E-state index in [9.17, 15) is 10.0 Å². The Balaban J connectivity index is 1.46. The molecule has 1 saturated heterocycles. The molecule has 1 fully saturated rings. The fraction of sp³-hybridized carbons (Fsp3) is 0.167. The topological polar surface area (TPSA) is 104 Å². The molecule has 2 amide bonds. The first kappa shape index (κ1) is 23.2. The molecule has 3 heterocycles. The van der Waals surface area contributed by atoms with Crippen LogP contribution >= 0.6 is 22.9 Å². The van der Waals surface area contributed by atoms with Crippen molar-refractivity contribution in [1.29, 1.82) is 0 Å². The Morgan fingerprint density at radius 3 is 2.69 bits per heavy atom. The summed E-state index contributed by atoms with van der Waals surface area (Å²) in [5.74, 6) is 0. The van der Waals surface area contributed by atoms with Gasteiger partial charge < -0.3 is 15.0 Å². The summed E-state index contributed by atoms with van der Waals surface area (Å²) >= 11 is 7.43. The molecule has 0 spiro atoms. The first-order chi connectivity index (χ1) is 17.1. The lowest BCUT2D eigenvalue weighted by atomic mass is 10.1. The third-order valence-electron chi connectivity index (χ3n) is 5.36. The number of nitrogens with one attached hydrogen (secondary N) is 1. The molecular weight excluding hydrogens is 488 g/mol. The number of urea groups is 1. The van der Waals surface area contributed by atoms with Crippen LogP contribution in [-0.2, 0) is 4.74 Å². The molecule has 2 N–H and O–H groups in total. The number of carbonyl (C=O) groups is 1. The number of hydrogen-bond acceptors (Lipinski definition) is 8. The van der Waals surface area contributed by atoms with Crippen LogP contribution in [-0.4, -0.2) is 52.5 Å². The van der Waals surface area contributed by atoms with Crippen LogP contribution in [0.5, 0.6) is 0 Å². The summed E-state index contributed by atoms with van der Waals surface area (Å²) in [4.78, 5) is 29.0. The molecule has 0 radical (unpaired) electrons. The SMILES string of the molecule is O=C(Nc1ccc(Cl)cc1)N(O)c1cccc(-c2sc(N3CCOCC3)nc2-c2ccncn2)c1. The quantitative estimate of drug-likeness (QED) is 0.282. The van der Waals surface area contributed by atoms with Gasteiger partial charge in [-0.1, -0.05) is 35.1 Å². The van der Waals surface area contributed by atoms with Crippen molar-refractivity contribution in [2.24, 2.45) is 0 Å². The van der Waals surface area contributed by atoms with E-state index in [4.69, 9.17) is 21.3 Å². The Labute approximate surface area is 210 Å². The van der Waals surface area contributed by atoms with Gasteiger partial charge in [0, 0.05) is 30.0 Å². The van der Waals surface area contributed by atoms with E-state index in [1.165, 1.54) is 17.7 Å². The summed E-state index contributed by atoms with van der Waals surface area (Å²) in [6.07, 6.45) is 3.16. The van der Waals surface area contributed by atoms with Gasteiger partial charge in [-0.3, -0.25) is 5.21 Å². The second-order valence-electron chi connectivity index (χ2n) is 7.67. The van der Waals surface area contributed by atoms with E-state index < -0.39 is 6.03 Å². The molecular formula is C24H21ClN6O3S. The predicted molar refractivity (Wildman–Crippen MR) is 136 cm³/mol. The summed E-state index contributed by atoms with van der Waals surface area (Å²) in [7, 11) is 0. The molecule has 1 aliphatic heterocycles. The summed E-state index contributed by atoms with van der Waals surface area (Å²) < 4.78 is 5.48. The number of thiazole rings is 1. The molecule has 0 atom stereocenters. The summed E-state index contributed by atoms with van der Waals surface area (Å²) in [6, 6.07) is 14.8. The van der Waals surface area contributed by atoms with Crippen LogP contribution in [0.25, 0.3) is 21.8 Å². The minimum absolute atomic E-state index is 0.309. The minimum Gasteiger partial charge on any atom is -0.378 e. The smallest absolute Gasteiger partial charge is 0.350 e. The molecule has 0 unspecified atom stereocenters. The average Bonchev–Trinajstić information content (AvgIpc) is 3.36. The molecule has 5 rings (SSSR count). The van der Waals surface area contributed by atoms with Crippen LogP contribution in [0.15, 0.2) is 67.1 Å². The van der Waals surface area contributed by atoms with Gasteiger partial charge in [-0.15, -0.1) is 0 Å². The van der Waals surface area contributed by atoms with Gasteiger partial charge in [0.1, 0.15) is 12.0 Å². The Kier molecular flexibility index (Phi) is 6.87. The highest BCUT2D eigenvalue weighted by Gasteiger charge is 2.22. The van der Waals surface area contributed by atoms with Crippen LogP contribution in [0.2, 0.25) is 5.02 Å².